The standard InChI is InChI=1S/C21H23N3O2S/c1-13-8-5-6-9-17(13)14(2)23-20(25)18-10-7-11-22-21(18)27-12-19-15(3)24-26-16(19)4/h5-11,14H,12H2,1-4H3,(H,23,25). The van der Waals surface area contributed by atoms with Crippen LogP contribution in [0.3, 0.4) is 0 Å². The van der Waals surface area contributed by atoms with Gasteiger partial charge in [0.15, 0.2) is 0 Å². The van der Waals surface area contributed by atoms with Gasteiger partial charge in [0.25, 0.3) is 5.91 Å². The van der Waals surface area contributed by atoms with Gasteiger partial charge >= 0.3 is 0 Å². The summed E-state index contributed by atoms with van der Waals surface area (Å²) < 4.78 is 5.21. The first-order chi connectivity index (χ1) is 13.0. The third-order valence-electron chi connectivity index (χ3n) is 4.55. The average molecular weight is 382 g/mol. The fourth-order valence-electron chi connectivity index (χ4n) is 2.95. The summed E-state index contributed by atoms with van der Waals surface area (Å²) in [5.41, 5.74) is 4.76. The number of hydrogen-bond donors (Lipinski definition) is 1. The van der Waals surface area contributed by atoms with Crippen LogP contribution in [0.25, 0.3) is 0 Å². The summed E-state index contributed by atoms with van der Waals surface area (Å²) in [4.78, 5) is 17.3. The molecule has 1 atom stereocenters. The van der Waals surface area contributed by atoms with E-state index in [-0.39, 0.29) is 11.9 Å². The molecule has 5 nitrogen and oxygen atoms in total. The lowest BCUT2D eigenvalue weighted by Gasteiger charge is -2.17. The third-order valence-corrected chi connectivity index (χ3v) is 5.58. The molecular formula is C21H23N3O2S. The van der Waals surface area contributed by atoms with Crippen LogP contribution in [-0.4, -0.2) is 16.0 Å². The first kappa shape index (κ1) is 19.2. The van der Waals surface area contributed by atoms with Crippen molar-refractivity contribution in [3.63, 3.8) is 0 Å². The molecule has 0 fully saturated rings. The Morgan fingerprint density at radius 2 is 1.96 bits per heavy atom. The first-order valence-corrected chi connectivity index (χ1v) is 9.82. The van der Waals surface area contributed by atoms with E-state index in [1.54, 1.807) is 12.3 Å². The second-order valence-electron chi connectivity index (χ2n) is 6.50. The zero-order chi connectivity index (χ0) is 19.4. The number of amides is 1. The molecule has 0 saturated carbocycles. The maximum atomic E-state index is 12.9. The number of rotatable bonds is 6. The van der Waals surface area contributed by atoms with Gasteiger partial charge in [-0.3, -0.25) is 4.79 Å². The minimum atomic E-state index is -0.125. The van der Waals surface area contributed by atoms with E-state index < -0.39 is 0 Å². The van der Waals surface area contributed by atoms with Gasteiger partial charge in [0, 0.05) is 17.5 Å². The number of aryl methyl sites for hydroxylation is 3. The third kappa shape index (κ3) is 4.39. The molecule has 2 heterocycles. The Bertz CT molecular complexity index is 933. The van der Waals surface area contributed by atoms with Crippen LogP contribution in [-0.2, 0) is 5.75 Å². The Balaban J connectivity index is 1.75. The predicted octanol–water partition coefficient (Wildman–Crippen LogP) is 4.78. The lowest BCUT2D eigenvalue weighted by Crippen LogP contribution is -2.27. The molecule has 0 aliphatic heterocycles. The lowest BCUT2D eigenvalue weighted by molar-refractivity contribution is 0.0936. The van der Waals surface area contributed by atoms with Crippen LogP contribution >= 0.6 is 11.8 Å². The van der Waals surface area contributed by atoms with E-state index in [2.05, 4.69) is 15.5 Å². The van der Waals surface area contributed by atoms with Gasteiger partial charge in [0.1, 0.15) is 10.8 Å². The van der Waals surface area contributed by atoms with Crippen molar-refractivity contribution in [2.75, 3.05) is 0 Å². The van der Waals surface area contributed by atoms with E-state index in [9.17, 15) is 4.79 Å². The molecule has 140 valence electrons. The highest BCUT2D eigenvalue weighted by atomic mass is 32.2. The van der Waals surface area contributed by atoms with Crippen molar-refractivity contribution in [1.29, 1.82) is 0 Å². The van der Waals surface area contributed by atoms with Gasteiger partial charge in [-0.2, -0.15) is 0 Å². The normalized spacial score (nSPS) is 12.0. The zero-order valence-corrected chi connectivity index (χ0v) is 16.8. The number of pyridine rings is 1. The Morgan fingerprint density at radius 3 is 2.67 bits per heavy atom. The van der Waals surface area contributed by atoms with Crippen LogP contribution in [0.2, 0.25) is 0 Å². The minimum absolute atomic E-state index is 0.0840. The molecule has 6 heteroatoms. The van der Waals surface area contributed by atoms with Gasteiger partial charge < -0.3 is 9.84 Å². The Labute approximate surface area is 163 Å². The SMILES string of the molecule is Cc1ccccc1C(C)NC(=O)c1cccnc1SCc1c(C)noc1C. The number of thioether (sulfide) groups is 1. The average Bonchev–Trinajstić information content (AvgIpc) is 2.98. The zero-order valence-electron chi connectivity index (χ0n) is 15.9. The summed E-state index contributed by atoms with van der Waals surface area (Å²) in [6.07, 6.45) is 1.71. The van der Waals surface area contributed by atoms with Crippen LogP contribution in [0.1, 0.15) is 51.5 Å². The number of hydrogen-bond acceptors (Lipinski definition) is 5. The first-order valence-electron chi connectivity index (χ1n) is 8.83. The number of carbonyl (C=O) groups is 1. The van der Waals surface area contributed by atoms with Gasteiger partial charge in [-0.1, -0.05) is 29.4 Å². The maximum absolute atomic E-state index is 12.9. The van der Waals surface area contributed by atoms with Gasteiger partial charge in [-0.05, 0) is 51.0 Å². The van der Waals surface area contributed by atoms with Crippen LogP contribution < -0.4 is 5.32 Å². The highest BCUT2D eigenvalue weighted by molar-refractivity contribution is 7.98. The van der Waals surface area contributed by atoms with E-state index >= 15 is 0 Å². The molecule has 0 spiro atoms. The second-order valence-corrected chi connectivity index (χ2v) is 7.46. The van der Waals surface area contributed by atoms with Crippen molar-refractivity contribution in [3.8, 4) is 0 Å². The van der Waals surface area contributed by atoms with E-state index in [0.29, 0.717) is 16.3 Å². The van der Waals surface area contributed by atoms with Crippen LogP contribution in [0.4, 0.5) is 0 Å². The molecule has 1 aromatic carbocycles. The molecule has 3 rings (SSSR count). The Kier molecular flexibility index (Phi) is 5.96. The molecule has 1 N–H and O–H groups in total. The van der Waals surface area contributed by atoms with E-state index in [1.807, 2.05) is 58.0 Å². The highest BCUT2D eigenvalue weighted by Crippen LogP contribution is 2.27. The van der Waals surface area contributed by atoms with Gasteiger partial charge in [-0.25, -0.2) is 4.98 Å². The van der Waals surface area contributed by atoms with Crippen LogP contribution in [0.15, 0.2) is 52.1 Å². The van der Waals surface area contributed by atoms with Gasteiger partial charge in [0.05, 0.1) is 17.3 Å². The number of nitrogens with one attached hydrogen (secondary N) is 1. The number of benzene rings is 1. The lowest BCUT2D eigenvalue weighted by atomic mass is 10.0. The second kappa shape index (κ2) is 8.39. The van der Waals surface area contributed by atoms with Crippen molar-refractivity contribution in [2.45, 2.75) is 44.5 Å². The summed E-state index contributed by atoms with van der Waals surface area (Å²) in [6.45, 7) is 7.86. The van der Waals surface area contributed by atoms with Gasteiger partial charge in [0.2, 0.25) is 0 Å². The molecular weight excluding hydrogens is 358 g/mol. The van der Waals surface area contributed by atoms with Gasteiger partial charge in [-0.15, -0.1) is 11.8 Å². The molecule has 0 aliphatic rings. The molecule has 0 aliphatic carbocycles. The largest absolute Gasteiger partial charge is 0.361 e. The summed E-state index contributed by atoms with van der Waals surface area (Å²) in [5, 5.41) is 7.77. The molecule has 2 aromatic heterocycles. The fourth-order valence-corrected chi connectivity index (χ4v) is 4.10. The molecule has 3 aromatic rings. The minimum Gasteiger partial charge on any atom is -0.361 e. The fraction of sp³-hybridized carbons (Fsp3) is 0.286. The summed E-state index contributed by atoms with van der Waals surface area (Å²) >= 11 is 1.52. The Morgan fingerprint density at radius 1 is 1.19 bits per heavy atom. The maximum Gasteiger partial charge on any atom is 0.254 e. The van der Waals surface area contributed by atoms with Crippen LogP contribution in [0, 0.1) is 20.8 Å². The molecule has 0 radical (unpaired) electrons. The van der Waals surface area contributed by atoms with Crippen molar-refractivity contribution in [1.82, 2.24) is 15.5 Å². The van der Waals surface area contributed by atoms with Crippen molar-refractivity contribution >= 4 is 17.7 Å². The summed E-state index contributed by atoms with van der Waals surface area (Å²) in [7, 11) is 0. The van der Waals surface area contributed by atoms with Crippen molar-refractivity contribution in [3.05, 3.63) is 76.3 Å². The van der Waals surface area contributed by atoms with Crippen LogP contribution in [0.5, 0.6) is 0 Å². The molecule has 1 unspecified atom stereocenters. The molecule has 27 heavy (non-hydrogen) atoms. The number of aromatic nitrogens is 2. The number of nitrogens with zero attached hydrogens (tertiary/aromatic N) is 2. The molecule has 1 amide bonds. The molecule has 0 bridgehead atoms. The van der Waals surface area contributed by atoms with E-state index in [0.717, 1.165) is 28.1 Å². The summed E-state index contributed by atoms with van der Waals surface area (Å²) in [6, 6.07) is 11.6. The topological polar surface area (TPSA) is 68.0 Å². The smallest absolute Gasteiger partial charge is 0.254 e. The number of carbonyl (C=O) groups excluding carboxylic acids is 1. The highest BCUT2D eigenvalue weighted by Gasteiger charge is 2.18. The monoisotopic (exact) mass is 381 g/mol. The Hall–Kier alpha value is -2.60. The quantitative estimate of drug-likeness (QED) is 0.623. The van der Waals surface area contributed by atoms with Crippen molar-refractivity contribution < 1.29 is 9.32 Å². The van der Waals surface area contributed by atoms with Crippen molar-refractivity contribution in [2.24, 2.45) is 0 Å². The van der Waals surface area contributed by atoms with E-state index in [4.69, 9.17) is 4.52 Å². The molecule has 0 saturated heterocycles. The summed E-state index contributed by atoms with van der Waals surface area (Å²) in [5.74, 6) is 1.33. The van der Waals surface area contributed by atoms with E-state index in [1.165, 1.54) is 11.8 Å². The predicted molar refractivity (Wildman–Crippen MR) is 107 cm³/mol.